The fourth-order valence-corrected chi connectivity index (χ4v) is 3.38. The van der Waals surface area contributed by atoms with E-state index in [1.54, 1.807) is 12.1 Å². The molecule has 148 valence electrons. The van der Waals surface area contributed by atoms with Gasteiger partial charge in [-0.2, -0.15) is 0 Å². The lowest BCUT2D eigenvalue weighted by Gasteiger charge is -2.35. The largest absolute Gasteiger partial charge is 0.372 e. The summed E-state index contributed by atoms with van der Waals surface area (Å²) in [5, 5.41) is 14.0. The van der Waals surface area contributed by atoms with Crippen LogP contribution in [0, 0.1) is 10.1 Å². The van der Waals surface area contributed by atoms with Crippen molar-refractivity contribution in [2.75, 3.05) is 13.1 Å². The maximum atomic E-state index is 12.7. The van der Waals surface area contributed by atoms with Gasteiger partial charge in [0.2, 0.25) is 0 Å². The molecule has 0 spiro atoms. The topological polar surface area (TPSA) is 84.7 Å². The van der Waals surface area contributed by atoms with E-state index in [1.807, 2.05) is 43.0 Å². The maximum absolute atomic E-state index is 12.7. The van der Waals surface area contributed by atoms with Gasteiger partial charge in [0.25, 0.3) is 11.6 Å². The molecule has 0 bridgehead atoms. The van der Waals surface area contributed by atoms with Crippen LogP contribution in [0.1, 0.15) is 35.3 Å². The molecule has 2 aromatic carbocycles. The molecule has 1 amide bonds. The number of rotatable bonds is 6. The van der Waals surface area contributed by atoms with Gasteiger partial charge in [0, 0.05) is 43.9 Å². The van der Waals surface area contributed by atoms with Gasteiger partial charge in [-0.25, -0.2) is 0 Å². The number of carbonyl (C=O) groups excluding carboxylic acids is 1. The van der Waals surface area contributed by atoms with Crippen LogP contribution < -0.4 is 5.32 Å². The molecule has 7 heteroatoms. The average molecular weight is 383 g/mol. The summed E-state index contributed by atoms with van der Waals surface area (Å²) >= 11 is 0. The summed E-state index contributed by atoms with van der Waals surface area (Å²) in [4.78, 5) is 24.8. The fourth-order valence-electron chi connectivity index (χ4n) is 3.38. The molecule has 0 saturated carbocycles. The molecule has 1 aliphatic rings. The zero-order valence-corrected chi connectivity index (χ0v) is 16.1. The molecule has 3 rings (SSSR count). The Balaban J connectivity index is 1.51. The predicted octanol–water partition coefficient (Wildman–Crippen LogP) is 3.13. The Morgan fingerprint density at radius 3 is 2.04 bits per heavy atom. The molecule has 1 aliphatic heterocycles. The molecule has 1 N–H and O–H groups in total. The molecular weight excluding hydrogens is 358 g/mol. The molecule has 2 unspecified atom stereocenters. The number of hydrogen-bond acceptors (Lipinski definition) is 5. The normalized spacial score (nSPS) is 19.4. The van der Waals surface area contributed by atoms with Crippen molar-refractivity contribution in [2.45, 2.75) is 39.1 Å². The van der Waals surface area contributed by atoms with Gasteiger partial charge in [-0.1, -0.05) is 24.3 Å². The summed E-state index contributed by atoms with van der Waals surface area (Å²) in [6.07, 6.45) is 0.103. The van der Waals surface area contributed by atoms with Crippen LogP contribution in [0.25, 0.3) is 0 Å². The van der Waals surface area contributed by atoms with Crippen LogP contribution in [0.15, 0.2) is 48.5 Å². The van der Waals surface area contributed by atoms with Crippen LogP contribution in [-0.2, 0) is 17.8 Å². The Kier molecular flexibility index (Phi) is 6.38. The Hall–Kier alpha value is -2.77. The van der Waals surface area contributed by atoms with Crippen molar-refractivity contribution in [2.24, 2.45) is 0 Å². The standard InChI is InChI=1S/C21H25N3O4/c1-15-13-23(14-16(2)28-15)21(25)19-7-3-17(4-8-19)11-22-12-18-5-9-20(10-6-18)24(26)27/h3-10,15-16,22H,11-14H2,1-2H3. The molecule has 28 heavy (non-hydrogen) atoms. The molecule has 2 atom stereocenters. The Morgan fingerprint density at radius 1 is 1.04 bits per heavy atom. The second-order valence-corrected chi connectivity index (χ2v) is 7.19. The van der Waals surface area contributed by atoms with Crippen molar-refractivity contribution in [3.05, 3.63) is 75.3 Å². The van der Waals surface area contributed by atoms with Crippen LogP contribution in [-0.4, -0.2) is 41.0 Å². The summed E-state index contributed by atoms with van der Waals surface area (Å²) in [6.45, 7) is 6.45. The SMILES string of the molecule is CC1CN(C(=O)c2ccc(CNCc3ccc([N+](=O)[O-])cc3)cc2)CC(C)O1. The minimum absolute atomic E-state index is 0.0346. The highest BCUT2D eigenvalue weighted by molar-refractivity contribution is 5.94. The van der Waals surface area contributed by atoms with Crippen LogP contribution >= 0.6 is 0 Å². The first-order chi connectivity index (χ1) is 13.4. The molecule has 0 radical (unpaired) electrons. The first-order valence-corrected chi connectivity index (χ1v) is 9.40. The van der Waals surface area contributed by atoms with Gasteiger partial charge in [0.15, 0.2) is 0 Å². The van der Waals surface area contributed by atoms with E-state index in [-0.39, 0.29) is 23.8 Å². The number of ether oxygens (including phenoxy) is 1. The summed E-state index contributed by atoms with van der Waals surface area (Å²) < 4.78 is 5.69. The molecule has 0 aliphatic carbocycles. The fraction of sp³-hybridized carbons (Fsp3) is 0.381. The molecule has 1 heterocycles. The first-order valence-electron chi connectivity index (χ1n) is 9.40. The minimum Gasteiger partial charge on any atom is -0.372 e. The quantitative estimate of drug-likeness (QED) is 0.612. The molecule has 0 aromatic heterocycles. The van der Waals surface area contributed by atoms with E-state index in [1.165, 1.54) is 12.1 Å². The van der Waals surface area contributed by atoms with E-state index in [0.717, 1.165) is 11.1 Å². The third-order valence-electron chi connectivity index (χ3n) is 4.71. The number of hydrogen-bond donors (Lipinski definition) is 1. The summed E-state index contributed by atoms with van der Waals surface area (Å²) in [5.74, 6) is 0.0346. The maximum Gasteiger partial charge on any atom is 0.269 e. The monoisotopic (exact) mass is 383 g/mol. The smallest absolute Gasteiger partial charge is 0.269 e. The van der Waals surface area contributed by atoms with E-state index in [9.17, 15) is 14.9 Å². The minimum atomic E-state index is -0.404. The van der Waals surface area contributed by atoms with E-state index in [4.69, 9.17) is 4.74 Å². The highest BCUT2D eigenvalue weighted by atomic mass is 16.6. The lowest BCUT2D eigenvalue weighted by Crippen LogP contribution is -2.48. The van der Waals surface area contributed by atoms with Gasteiger partial charge in [-0.05, 0) is 37.1 Å². The lowest BCUT2D eigenvalue weighted by molar-refractivity contribution is -0.384. The molecule has 1 saturated heterocycles. The summed E-state index contributed by atoms with van der Waals surface area (Å²) in [5.41, 5.74) is 2.82. The van der Waals surface area contributed by atoms with Crippen molar-refractivity contribution < 1.29 is 14.5 Å². The van der Waals surface area contributed by atoms with Gasteiger partial charge in [0.1, 0.15) is 0 Å². The zero-order valence-electron chi connectivity index (χ0n) is 16.1. The van der Waals surface area contributed by atoms with E-state index in [2.05, 4.69) is 5.32 Å². The van der Waals surface area contributed by atoms with E-state index >= 15 is 0 Å². The number of amides is 1. The molecule has 2 aromatic rings. The van der Waals surface area contributed by atoms with E-state index in [0.29, 0.717) is 31.7 Å². The molecule has 7 nitrogen and oxygen atoms in total. The number of carbonyl (C=O) groups is 1. The van der Waals surface area contributed by atoms with Crippen molar-refractivity contribution in [1.29, 1.82) is 0 Å². The molecular formula is C21H25N3O4. The predicted molar refractivity (Wildman–Crippen MR) is 106 cm³/mol. The van der Waals surface area contributed by atoms with Crippen molar-refractivity contribution >= 4 is 11.6 Å². The number of non-ortho nitro benzene ring substituents is 1. The van der Waals surface area contributed by atoms with Crippen molar-refractivity contribution in [1.82, 2.24) is 10.2 Å². The van der Waals surface area contributed by atoms with Gasteiger partial charge in [-0.3, -0.25) is 14.9 Å². The first kappa shape index (κ1) is 20.0. The second-order valence-electron chi connectivity index (χ2n) is 7.19. The number of nitro groups is 1. The number of nitrogens with one attached hydrogen (secondary N) is 1. The average Bonchev–Trinajstić information content (AvgIpc) is 2.67. The second kappa shape index (κ2) is 8.95. The third kappa shape index (κ3) is 5.15. The number of benzene rings is 2. The van der Waals surface area contributed by atoms with Crippen molar-refractivity contribution in [3.8, 4) is 0 Å². The summed E-state index contributed by atoms with van der Waals surface area (Å²) in [7, 11) is 0. The van der Waals surface area contributed by atoms with Gasteiger partial charge in [-0.15, -0.1) is 0 Å². The van der Waals surface area contributed by atoms with Crippen LogP contribution in [0.5, 0.6) is 0 Å². The highest BCUT2D eigenvalue weighted by Gasteiger charge is 2.26. The number of morpholine rings is 1. The Bertz CT molecular complexity index is 811. The number of nitro benzene ring substituents is 1. The highest BCUT2D eigenvalue weighted by Crippen LogP contribution is 2.15. The lowest BCUT2D eigenvalue weighted by atomic mass is 10.1. The molecule has 1 fully saturated rings. The van der Waals surface area contributed by atoms with Gasteiger partial charge < -0.3 is 15.0 Å². The number of nitrogens with zero attached hydrogens (tertiary/aromatic N) is 2. The van der Waals surface area contributed by atoms with Crippen LogP contribution in [0.4, 0.5) is 5.69 Å². The Labute approximate surface area is 164 Å². The third-order valence-corrected chi connectivity index (χ3v) is 4.71. The van der Waals surface area contributed by atoms with Crippen LogP contribution in [0.3, 0.4) is 0 Å². The zero-order chi connectivity index (χ0) is 20.1. The van der Waals surface area contributed by atoms with E-state index < -0.39 is 4.92 Å². The van der Waals surface area contributed by atoms with Gasteiger partial charge >= 0.3 is 0 Å². The van der Waals surface area contributed by atoms with Gasteiger partial charge in [0.05, 0.1) is 17.1 Å². The van der Waals surface area contributed by atoms with Crippen LogP contribution in [0.2, 0.25) is 0 Å². The summed E-state index contributed by atoms with van der Waals surface area (Å²) in [6, 6.07) is 14.1. The van der Waals surface area contributed by atoms with Crippen molar-refractivity contribution in [3.63, 3.8) is 0 Å². The Morgan fingerprint density at radius 2 is 1.54 bits per heavy atom.